The Kier molecular flexibility index (Phi) is 4.46. The minimum Gasteiger partial charge on any atom is -0.474 e. The van der Waals surface area contributed by atoms with Crippen LogP contribution in [0.4, 0.5) is 5.69 Å². The molecule has 0 aromatic carbocycles. The van der Waals surface area contributed by atoms with Gasteiger partial charge in [-0.3, -0.25) is 14.3 Å². The zero-order chi connectivity index (χ0) is 23.8. The van der Waals surface area contributed by atoms with E-state index < -0.39 is 5.91 Å². The number of rotatable bonds is 6. The Bertz CT molecular complexity index is 1390. The molecule has 1 N–H and O–H groups in total. The quantitative estimate of drug-likeness (QED) is 0.582. The van der Waals surface area contributed by atoms with E-state index in [1.807, 2.05) is 10.9 Å². The topological polar surface area (TPSA) is 100 Å². The van der Waals surface area contributed by atoms with E-state index in [0.717, 1.165) is 56.8 Å². The van der Waals surface area contributed by atoms with Crippen molar-refractivity contribution in [2.45, 2.75) is 81.6 Å². The van der Waals surface area contributed by atoms with Crippen LogP contribution >= 0.6 is 0 Å². The van der Waals surface area contributed by atoms with Crippen molar-refractivity contribution in [2.24, 2.45) is 0 Å². The summed E-state index contributed by atoms with van der Waals surface area (Å²) in [5, 5.41) is 8.39. The lowest BCUT2D eigenvalue weighted by Gasteiger charge is -2.26. The number of hydrogen-bond acceptors (Lipinski definition) is 6. The van der Waals surface area contributed by atoms with Crippen molar-refractivity contribution >= 4 is 22.6 Å². The van der Waals surface area contributed by atoms with Gasteiger partial charge in [0.2, 0.25) is 5.88 Å². The van der Waals surface area contributed by atoms with Crippen molar-refractivity contribution in [1.82, 2.24) is 19.3 Å². The summed E-state index contributed by atoms with van der Waals surface area (Å²) in [6.07, 6.45) is 11.7. The molecule has 1 amide bonds. The number of nitrogens with zero attached hydrogens (tertiary/aromatic N) is 4. The summed E-state index contributed by atoms with van der Waals surface area (Å²) < 4.78 is 15.9. The number of nitrogens with one attached hydrogen (secondary N) is 1. The van der Waals surface area contributed by atoms with Crippen LogP contribution in [0.5, 0.6) is 5.88 Å². The van der Waals surface area contributed by atoms with Crippen LogP contribution in [0.3, 0.4) is 0 Å². The van der Waals surface area contributed by atoms with E-state index in [4.69, 9.17) is 14.6 Å². The smallest absolute Gasteiger partial charge is 0.274 e. The van der Waals surface area contributed by atoms with Crippen LogP contribution in [0.15, 0.2) is 35.4 Å². The Morgan fingerprint density at radius 1 is 1.26 bits per heavy atom. The maximum absolute atomic E-state index is 13.4. The van der Waals surface area contributed by atoms with E-state index in [9.17, 15) is 9.59 Å². The molecule has 4 heterocycles. The summed E-state index contributed by atoms with van der Waals surface area (Å²) in [5.74, 6) is -0.122. The standard InChI is InChI=1S/C26H29N5O4/c1-25-9-10-26(14-25,15-34-25)31-13-16-12-19(23(28-21(16)29-31)35-18-4-2-5-18)22(32)27-20-6-3-11-30(24(20)33)17-7-8-17/h3,6,11-13,17-18H,2,4-5,7-10,14-15H2,1H3,(H,27,32)/t25-,26-/m1/s1. The van der Waals surface area contributed by atoms with Crippen LogP contribution in [-0.4, -0.2) is 43.6 Å². The normalized spacial score (nSPS) is 27.8. The first kappa shape index (κ1) is 21.1. The van der Waals surface area contributed by atoms with Gasteiger partial charge in [-0.05, 0) is 70.1 Å². The van der Waals surface area contributed by atoms with Gasteiger partial charge < -0.3 is 19.4 Å². The van der Waals surface area contributed by atoms with E-state index >= 15 is 0 Å². The first-order chi connectivity index (χ1) is 16.9. The Hall–Kier alpha value is -3.20. The van der Waals surface area contributed by atoms with Crippen LogP contribution in [-0.2, 0) is 10.3 Å². The fraction of sp³-hybridized carbons (Fsp3) is 0.538. The predicted molar refractivity (Wildman–Crippen MR) is 129 cm³/mol. The number of aromatic nitrogens is 4. The van der Waals surface area contributed by atoms with Crippen molar-refractivity contribution in [3.05, 3.63) is 46.5 Å². The number of fused-ring (bicyclic) bond motifs is 3. The lowest BCUT2D eigenvalue weighted by atomic mass is 9.96. The van der Waals surface area contributed by atoms with Gasteiger partial charge in [0.05, 0.1) is 17.7 Å². The van der Waals surface area contributed by atoms with Crippen molar-refractivity contribution in [2.75, 3.05) is 11.9 Å². The third-order valence-corrected chi connectivity index (χ3v) is 8.20. The first-order valence-corrected chi connectivity index (χ1v) is 12.7. The zero-order valence-corrected chi connectivity index (χ0v) is 19.8. The molecule has 9 heteroatoms. The van der Waals surface area contributed by atoms with Crippen molar-refractivity contribution in [1.29, 1.82) is 0 Å². The molecule has 9 nitrogen and oxygen atoms in total. The molecule has 2 bridgehead atoms. The molecule has 1 saturated heterocycles. The largest absolute Gasteiger partial charge is 0.474 e. The van der Waals surface area contributed by atoms with Gasteiger partial charge in [-0.25, -0.2) is 0 Å². The number of carbonyl (C=O) groups is 1. The van der Waals surface area contributed by atoms with Gasteiger partial charge in [0.1, 0.15) is 17.4 Å². The van der Waals surface area contributed by atoms with Gasteiger partial charge in [0, 0.05) is 30.2 Å². The highest BCUT2D eigenvalue weighted by Crippen LogP contribution is 2.51. The molecule has 0 spiro atoms. The molecule has 3 aromatic rings. The molecule has 7 rings (SSSR count). The van der Waals surface area contributed by atoms with Gasteiger partial charge in [0.15, 0.2) is 5.65 Å². The molecule has 3 saturated carbocycles. The van der Waals surface area contributed by atoms with Crippen molar-refractivity contribution in [3.63, 3.8) is 0 Å². The van der Waals surface area contributed by atoms with Crippen LogP contribution in [0.1, 0.15) is 74.7 Å². The van der Waals surface area contributed by atoms with Gasteiger partial charge in [-0.2, -0.15) is 10.1 Å². The first-order valence-electron chi connectivity index (χ1n) is 12.7. The zero-order valence-electron chi connectivity index (χ0n) is 19.8. The predicted octanol–water partition coefficient (Wildman–Crippen LogP) is 3.78. The SMILES string of the molecule is C[C@]12CC[C@](n3cc4cc(C(=O)Nc5cccn(C6CC6)c5=O)c(OC5CCC5)nc4n3)(CO1)C2. The fourth-order valence-corrected chi connectivity index (χ4v) is 5.70. The lowest BCUT2D eigenvalue weighted by molar-refractivity contribution is -0.0149. The van der Waals surface area contributed by atoms with Crippen molar-refractivity contribution in [3.8, 4) is 5.88 Å². The van der Waals surface area contributed by atoms with Crippen LogP contribution < -0.4 is 15.6 Å². The molecule has 3 aromatic heterocycles. The minimum atomic E-state index is -0.400. The van der Waals surface area contributed by atoms with Crippen LogP contribution in [0.25, 0.3) is 11.0 Å². The third-order valence-electron chi connectivity index (χ3n) is 8.20. The maximum atomic E-state index is 13.4. The van der Waals surface area contributed by atoms with Gasteiger partial charge >= 0.3 is 0 Å². The molecule has 3 aliphatic carbocycles. The summed E-state index contributed by atoms with van der Waals surface area (Å²) in [6.45, 7) is 2.80. The summed E-state index contributed by atoms with van der Waals surface area (Å²) in [5.41, 5.74) is 0.713. The summed E-state index contributed by atoms with van der Waals surface area (Å²) in [6, 6.07) is 5.46. The van der Waals surface area contributed by atoms with Crippen molar-refractivity contribution < 1.29 is 14.3 Å². The summed E-state index contributed by atoms with van der Waals surface area (Å²) >= 11 is 0. The lowest BCUT2D eigenvalue weighted by Crippen LogP contribution is -2.33. The average Bonchev–Trinajstić information content (AvgIpc) is 3.34. The van der Waals surface area contributed by atoms with Gasteiger partial charge in [0.25, 0.3) is 11.5 Å². The van der Waals surface area contributed by atoms with E-state index in [-0.39, 0.29) is 40.4 Å². The highest BCUT2D eigenvalue weighted by atomic mass is 16.5. The number of amides is 1. The van der Waals surface area contributed by atoms with Gasteiger partial charge in [-0.1, -0.05) is 0 Å². The fourth-order valence-electron chi connectivity index (χ4n) is 5.70. The van der Waals surface area contributed by atoms with E-state index in [1.54, 1.807) is 29.0 Å². The Balaban J connectivity index is 1.25. The van der Waals surface area contributed by atoms with Crippen LogP contribution in [0, 0.1) is 0 Å². The Morgan fingerprint density at radius 2 is 2.11 bits per heavy atom. The maximum Gasteiger partial charge on any atom is 0.274 e. The molecule has 1 aliphatic heterocycles. The molecule has 2 atom stereocenters. The minimum absolute atomic E-state index is 0.0507. The molecule has 0 unspecified atom stereocenters. The number of anilines is 1. The number of pyridine rings is 2. The molecule has 35 heavy (non-hydrogen) atoms. The second kappa shape index (κ2) is 7.40. The summed E-state index contributed by atoms with van der Waals surface area (Å²) in [4.78, 5) is 31.0. The highest BCUT2D eigenvalue weighted by molar-refractivity contribution is 6.07. The Morgan fingerprint density at radius 3 is 2.77 bits per heavy atom. The average molecular weight is 476 g/mol. The molecular weight excluding hydrogens is 446 g/mol. The van der Waals surface area contributed by atoms with E-state index in [1.165, 1.54) is 0 Å². The third kappa shape index (κ3) is 3.47. The van der Waals surface area contributed by atoms with Gasteiger partial charge in [-0.15, -0.1) is 0 Å². The second-order valence-corrected chi connectivity index (χ2v) is 11.0. The van der Waals surface area contributed by atoms with Crippen LogP contribution in [0.2, 0.25) is 0 Å². The number of ether oxygens (including phenoxy) is 2. The molecule has 182 valence electrons. The highest BCUT2D eigenvalue weighted by Gasteiger charge is 2.55. The van der Waals surface area contributed by atoms with E-state index in [0.29, 0.717) is 17.8 Å². The monoisotopic (exact) mass is 475 g/mol. The molecule has 0 radical (unpaired) electrons. The Labute approximate surface area is 202 Å². The number of hydrogen-bond donors (Lipinski definition) is 1. The molecular formula is C26H29N5O4. The molecule has 4 aliphatic rings. The summed E-state index contributed by atoms with van der Waals surface area (Å²) in [7, 11) is 0. The molecule has 4 fully saturated rings. The second-order valence-electron chi connectivity index (χ2n) is 11.0. The number of carbonyl (C=O) groups excluding carboxylic acids is 1. The van der Waals surface area contributed by atoms with E-state index in [2.05, 4.69) is 17.2 Å².